The van der Waals surface area contributed by atoms with Gasteiger partial charge in [-0.3, -0.25) is 14.5 Å². The minimum absolute atomic E-state index is 0.319. The third-order valence-electron chi connectivity index (χ3n) is 4.86. The largest absolute Gasteiger partial charge is 0.497 e. The second kappa shape index (κ2) is 8.48. The van der Waals surface area contributed by atoms with Crippen molar-refractivity contribution in [2.24, 2.45) is 0 Å². The van der Waals surface area contributed by atoms with Gasteiger partial charge in [0.1, 0.15) is 17.8 Å². The van der Waals surface area contributed by atoms with Gasteiger partial charge < -0.3 is 15.0 Å². The smallest absolute Gasteiger partial charge is 0.325 e. The Kier molecular flexibility index (Phi) is 6.03. The van der Waals surface area contributed by atoms with Gasteiger partial charge in [-0.05, 0) is 36.1 Å². The first kappa shape index (κ1) is 20.6. The van der Waals surface area contributed by atoms with Gasteiger partial charge in [-0.15, -0.1) is 17.9 Å². The Bertz CT molecular complexity index is 911. The predicted octanol–water partition coefficient (Wildman–Crippen LogP) is 2.74. The van der Waals surface area contributed by atoms with Gasteiger partial charge in [0.05, 0.1) is 13.7 Å². The fourth-order valence-electron chi connectivity index (χ4n) is 3.20. The second-order valence-electron chi connectivity index (χ2n) is 6.82. The highest BCUT2D eigenvalue weighted by Gasteiger charge is 2.49. The van der Waals surface area contributed by atoms with Crippen LogP contribution in [0.3, 0.4) is 0 Å². The second-order valence-corrected chi connectivity index (χ2v) is 7.85. The summed E-state index contributed by atoms with van der Waals surface area (Å²) >= 11 is 1.54. The molecule has 4 amide bonds. The van der Waals surface area contributed by atoms with Crippen LogP contribution in [0.4, 0.5) is 4.79 Å². The van der Waals surface area contributed by atoms with Crippen LogP contribution in [0.5, 0.6) is 5.75 Å². The molecule has 0 radical (unpaired) electrons. The van der Waals surface area contributed by atoms with E-state index < -0.39 is 17.5 Å². The molecule has 3 rings (SSSR count). The van der Waals surface area contributed by atoms with Crippen molar-refractivity contribution in [1.82, 2.24) is 15.1 Å². The Balaban J connectivity index is 1.76. The zero-order chi connectivity index (χ0) is 21.0. The van der Waals surface area contributed by atoms with Crippen LogP contribution in [0.25, 0.3) is 0 Å². The Morgan fingerprint density at radius 3 is 2.62 bits per heavy atom. The molecule has 1 aromatic heterocycles. The lowest BCUT2D eigenvalue weighted by atomic mass is 9.92. The van der Waals surface area contributed by atoms with Crippen molar-refractivity contribution in [3.05, 3.63) is 64.9 Å². The number of hydrogen-bond acceptors (Lipinski definition) is 5. The number of imide groups is 1. The van der Waals surface area contributed by atoms with Crippen LogP contribution in [0, 0.1) is 0 Å². The number of amides is 4. The molecule has 7 nitrogen and oxygen atoms in total. The fraction of sp³-hybridized carbons (Fsp3) is 0.286. The van der Waals surface area contributed by atoms with Crippen LogP contribution in [0.15, 0.2) is 54.4 Å². The topological polar surface area (TPSA) is 79.0 Å². The summed E-state index contributed by atoms with van der Waals surface area (Å²) < 4.78 is 5.14. The molecule has 1 aromatic carbocycles. The molecule has 1 fully saturated rings. The van der Waals surface area contributed by atoms with E-state index in [4.69, 9.17) is 4.74 Å². The Hall–Kier alpha value is -3.13. The Morgan fingerprint density at radius 2 is 2.03 bits per heavy atom. The molecule has 2 aromatic rings. The molecule has 0 aliphatic carbocycles. The van der Waals surface area contributed by atoms with Gasteiger partial charge in [0, 0.05) is 11.4 Å². The average molecular weight is 413 g/mol. The first-order chi connectivity index (χ1) is 13.9. The molecule has 1 N–H and O–H groups in total. The number of urea groups is 1. The van der Waals surface area contributed by atoms with Gasteiger partial charge in [-0.2, -0.15) is 0 Å². The monoisotopic (exact) mass is 413 g/mol. The molecule has 1 saturated heterocycles. The number of thiophene rings is 1. The quantitative estimate of drug-likeness (QED) is 0.533. The van der Waals surface area contributed by atoms with Gasteiger partial charge in [0.25, 0.3) is 5.91 Å². The first-order valence-corrected chi connectivity index (χ1v) is 9.96. The van der Waals surface area contributed by atoms with Gasteiger partial charge >= 0.3 is 6.03 Å². The van der Waals surface area contributed by atoms with Crippen LogP contribution in [0.2, 0.25) is 0 Å². The normalized spacial score (nSPS) is 18.5. The lowest BCUT2D eigenvalue weighted by molar-refractivity contribution is -0.138. The van der Waals surface area contributed by atoms with E-state index in [2.05, 4.69) is 11.9 Å². The number of ether oxygens (including phenoxy) is 1. The molecule has 2 heterocycles. The van der Waals surface area contributed by atoms with Gasteiger partial charge in [0.15, 0.2) is 0 Å². The molecular formula is C21H23N3O4S. The molecule has 1 atom stereocenters. The van der Waals surface area contributed by atoms with Crippen LogP contribution < -0.4 is 10.1 Å². The van der Waals surface area contributed by atoms with E-state index >= 15 is 0 Å². The SMILES string of the molecule is C=CCN(Cc1cccs1)C(=O)CN1C(=O)N[C@@](C)(c2ccc(OC)cc2)C1=O. The van der Waals surface area contributed by atoms with Crippen LogP contribution in [0.1, 0.15) is 17.4 Å². The summed E-state index contributed by atoms with van der Waals surface area (Å²) in [6.07, 6.45) is 1.62. The van der Waals surface area contributed by atoms with Crippen LogP contribution >= 0.6 is 11.3 Å². The predicted molar refractivity (Wildman–Crippen MR) is 111 cm³/mol. The van der Waals surface area contributed by atoms with Crippen molar-refractivity contribution in [1.29, 1.82) is 0 Å². The highest BCUT2D eigenvalue weighted by Crippen LogP contribution is 2.30. The van der Waals surface area contributed by atoms with E-state index in [9.17, 15) is 14.4 Å². The maximum Gasteiger partial charge on any atom is 0.325 e. The van der Waals surface area contributed by atoms with Crippen molar-refractivity contribution < 1.29 is 19.1 Å². The number of methoxy groups -OCH3 is 1. The number of hydrogen-bond donors (Lipinski definition) is 1. The third-order valence-corrected chi connectivity index (χ3v) is 5.73. The summed E-state index contributed by atoms with van der Waals surface area (Å²) in [5.41, 5.74) is -0.617. The number of carbonyl (C=O) groups is 3. The average Bonchev–Trinajstić information content (AvgIpc) is 3.30. The van der Waals surface area contributed by atoms with E-state index in [1.54, 1.807) is 60.6 Å². The number of nitrogens with one attached hydrogen (secondary N) is 1. The molecular weight excluding hydrogens is 390 g/mol. The molecule has 0 spiro atoms. The number of rotatable bonds is 8. The maximum absolute atomic E-state index is 13.0. The van der Waals surface area contributed by atoms with Crippen molar-refractivity contribution in [3.63, 3.8) is 0 Å². The van der Waals surface area contributed by atoms with Crippen LogP contribution in [-0.4, -0.2) is 47.8 Å². The summed E-state index contributed by atoms with van der Waals surface area (Å²) in [6.45, 7) is 5.73. The van der Waals surface area contributed by atoms with Gasteiger partial charge in [-0.25, -0.2) is 4.79 Å². The number of benzene rings is 1. The standard InChI is InChI=1S/C21H23N3O4S/c1-4-11-23(13-17-6-5-12-29-17)18(25)14-24-19(26)21(2,22-20(24)27)15-7-9-16(28-3)10-8-15/h4-10,12H,1,11,13-14H2,2-3H3,(H,22,27)/t21-/m0/s1. The summed E-state index contributed by atoms with van der Waals surface area (Å²) in [5.74, 6) is -0.133. The molecule has 0 bridgehead atoms. The van der Waals surface area contributed by atoms with Crippen molar-refractivity contribution in [2.45, 2.75) is 19.0 Å². The fourth-order valence-corrected chi connectivity index (χ4v) is 3.92. The molecule has 0 saturated carbocycles. The summed E-state index contributed by atoms with van der Waals surface area (Å²) in [6, 6.07) is 10.2. The molecule has 0 unspecified atom stereocenters. The van der Waals surface area contributed by atoms with Crippen molar-refractivity contribution in [3.8, 4) is 5.75 Å². The third kappa shape index (κ3) is 4.17. The van der Waals surface area contributed by atoms with Crippen LogP contribution in [-0.2, 0) is 21.7 Å². The zero-order valence-electron chi connectivity index (χ0n) is 16.4. The number of nitrogens with zero attached hydrogens (tertiary/aromatic N) is 2. The molecule has 8 heteroatoms. The van der Waals surface area contributed by atoms with Gasteiger partial charge in [-0.1, -0.05) is 24.3 Å². The summed E-state index contributed by atoms with van der Waals surface area (Å²) in [4.78, 5) is 41.9. The summed E-state index contributed by atoms with van der Waals surface area (Å²) in [5, 5.41) is 4.65. The van der Waals surface area contributed by atoms with Gasteiger partial charge in [0.2, 0.25) is 5.91 Å². The maximum atomic E-state index is 13.0. The lowest BCUT2D eigenvalue weighted by Crippen LogP contribution is -2.44. The van der Waals surface area contributed by atoms with E-state index in [0.717, 1.165) is 9.78 Å². The number of carbonyl (C=O) groups excluding carboxylic acids is 3. The van der Waals surface area contributed by atoms with E-state index in [1.165, 1.54) is 0 Å². The lowest BCUT2D eigenvalue weighted by Gasteiger charge is -2.24. The Morgan fingerprint density at radius 1 is 1.31 bits per heavy atom. The molecule has 152 valence electrons. The Labute approximate surface area is 173 Å². The zero-order valence-corrected chi connectivity index (χ0v) is 17.2. The highest BCUT2D eigenvalue weighted by molar-refractivity contribution is 7.09. The van der Waals surface area contributed by atoms with Crippen molar-refractivity contribution in [2.75, 3.05) is 20.2 Å². The molecule has 1 aliphatic rings. The van der Waals surface area contributed by atoms with E-state index in [-0.39, 0.29) is 12.5 Å². The summed E-state index contributed by atoms with van der Waals surface area (Å²) in [7, 11) is 1.55. The first-order valence-electron chi connectivity index (χ1n) is 9.08. The minimum Gasteiger partial charge on any atom is -0.497 e. The molecule has 29 heavy (non-hydrogen) atoms. The van der Waals surface area contributed by atoms with E-state index in [0.29, 0.717) is 24.4 Å². The minimum atomic E-state index is -1.24. The van der Waals surface area contributed by atoms with E-state index in [1.807, 2.05) is 17.5 Å². The highest BCUT2D eigenvalue weighted by atomic mass is 32.1. The van der Waals surface area contributed by atoms with Crippen molar-refractivity contribution >= 4 is 29.2 Å². The molecule has 1 aliphatic heterocycles.